The van der Waals surface area contributed by atoms with E-state index in [9.17, 15) is 9.59 Å². The minimum atomic E-state index is -0.341. The molecular formula is C22H22N4O2. The van der Waals surface area contributed by atoms with E-state index in [0.717, 1.165) is 11.3 Å². The maximum atomic E-state index is 12.9. The molecule has 0 bridgehead atoms. The van der Waals surface area contributed by atoms with Crippen molar-refractivity contribution in [1.82, 2.24) is 20.2 Å². The minimum absolute atomic E-state index is 0.132. The Bertz CT molecular complexity index is 930. The molecule has 0 saturated heterocycles. The molecular weight excluding hydrogens is 352 g/mol. The summed E-state index contributed by atoms with van der Waals surface area (Å²) >= 11 is 0. The summed E-state index contributed by atoms with van der Waals surface area (Å²) < 4.78 is 0. The fraction of sp³-hybridized carbons (Fsp3) is 0.182. The van der Waals surface area contributed by atoms with Crippen molar-refractivity contribution >= 4 is 11.8 Å². The predicted molar refractivity (Wildman–Crippen MR) is 107 cm³/mol. The highest BCUT2D eigenvalue weighted by atomic mass is 16.2. The summed E-state index contributed by atoms with van der Waals surface area (Å²) in [7, 11) is 0. The van der Waals surface area contributed by atoms with Gasteiger partial charge < -0.3 is 10.2 Å². The van der Waals surface area contributed by atoms with Gasteiger partial charge in [0, 0.05) is 31.0 Å². The SMILES string of the molecule is CCN(Cc1ccccc1)C(=O)c1ccnc(C(=O)NCc2ccccn2)c1. The van der Waals surface area contributed by atoms with Crippen LogP contribution in [0.25, 0.3) is 0 Å². The number of aromatic nitrogens is 2. The molecule has 142 valence electrons. The van der Waals surface area contributed by atoms with Gasteiger partial charge in [0.05, 0.1) is 12.2 Å². The number of pyridine rings is 2. The van der Waals surface area contributed by atoms with Gasteiger partial charge in [0.25, 0.3) is 11.8 Å². The molecule has 0 aliphatic heterocycles. The summed E-state index contributed by atoms with van der Waals surface area (Å²) in [5, 5.41) is 2.78. The summed E-state index contributed by atoms with van der Waals surface area (Å²) in [5.41, 5.74) is 2.46. The molecule has 2 aromatic heterocycles. The summed E-state index contributed by atoms with van der Waals surface area (Å²) in [5.74, 6) is -0.473. The van der Waals surface area contributed by atoms with Crippen LogP contribution in [-0.2, 0) is 13.1 Å². The van der Waals surface area contributed by atoms with E-state index in [0.29, 0.717) is 25.2 Å². The minimum Gasteiger partial charge on any atom is -0.345 e. The fourth-order valence-corrected chi connectivity index (χ4v) is 2.77. The molecule has 1 aromatic carbocycles. The zero-order valence-electron chi connectivity index (χ0n) is 15.7. The Labute approximate surface area is 164 Å². The van der Waals surface area contributed by atoms with Crippen LogP contribution in [0.3, 0.4) is 0 Å². The van der Waals surface area contributed by atoms with Gasteiger partial charge >= 0.3 is 0 Å². The van der Waals surface area contributed by atoms with Gasteiger partial charge in [0.2, 0.25) is 0 Å². The zero-order chi connectivity index (χ0) is 19.8. The molecule has 2 heterocycles. The Hall–Kier alpha value is -3.54. The van der Waals surface area contributed by atoms with Gasteiger partial charge in [-0.2, -0.15) is 0 Å². The summed E-state index contributed by atoms with van der Waals surface area (Å²) in [6.07, 6.45) is 3.16. The van der Waals surface area contributed by atoms with Crippen molar-refractivity contribution in [2.24, 2.45) is 0 Å². The predicted octanol–water partition coefficient (Wildman–Crippen LogP) is 3.07. The quantitative estimate of drug-likeness (QED) is 0.690. The molecule has 3 rings (SSSR count). The highest BCUT2D eigenvalue weighted by Gasteiger charge is 2.17. The summed E-state index contributed by atoms with van der Waals surface area (Å²) in [4.78, 5) is 35.3. The van der Waals surface area contributed by atoms with Gasteiger partial charge in [-0.15, -0.1) is 0 Å². The van der Waals surface area contributed by atoms with Crippen LogP contribution >= 0.6 is 0 Å². The van der Waals surface area contributed by atoms with Crippen LogP contribution in [0.15, 0.2) is 73.1 Å². The largest absolute Gasteiger partial charge is 0.345 e. The van der Waals surface area contributed by atoms with E-state index < -0.39 is 0 Å². The second kappa shape index (κ2) is 9.41. The summed E-state index contributed by atoms with van der Waals surface area (Å²) in [6.45, 7) is 3.31. The maximum Gasteiger partial charge on any atom is 0.270 e. The Kier molecular flexibility index (Phi) is 6.46. The lowest BCUT2D eigenvalue weighted by molar-refractivity contribution is 0.0752. The lowest BCUT2D eigenvalue weighted by Crippen LogP contribution is -2.31. The zero-order valence-corrected chi connectivity index (χ0v) is 15.7. The highest BCUT2D eigenvalue weighted by molar-refractivity contribution is 5.98. The maximum absolute atomic E-state index is 12.9. The topological polar surface area (TPSA) is 75.2 Å². The lowest BCUT2D eigenvalue weighted by atomic mass is 10.1. The smallest absolute Gasteiger partial charge is 0.270 e. The van der Waals surface area contributed by atoms with Crippen molar-refractivity contribution < 1.29 is 9.59 Å². The molecule has 0 fully saturated rings. The van der Waals surface area contributed by atoms with Crippen LogP contribution in [0.5, 0.6) is 0 Å². The van der Waals surface area contributed by atoms with Gasteiger partial charge in [0.15, 0.2) is 0 Å². The number of benzene rings is 1. The molecule has 0 aliphatic carbocycles. The molecule has 0 radical (unpaired) electrons. The van der Waals surface area contributed by atoms with Crippen molar-refractivity contribution in [2.75, 3.05) is 6.54 Å². The van der Waals surface area contributed by atoms with Gasteiger partial charge in [-0.3, -0.25) is 19.6 Å². The first-order chi connectivity index (χ1) is 13.7. The van der Waals surface area contributed by atoms with Crippen LogP contribution in [0.4, 0.5) is 0 Å². The number of nitrogens with one attached hydrogen (secondary N) is 1. The molecule has 0 saturated carbocycles. The molecule has 3 aromatic rings. The first-order valence-electron chi connectivity index (χ1n) is 9.14. The van der Waals surface area contributed by atoms with Crippen molar-refractivity contribution in [3.8, 4) is 0 Å². The first-order valence-corrected chi connectivity index (χ1v) is 9.14. The monoisotopic (exact) mass is 374 g/mol. The standard InChI is InChI=1S/C22H22N4O2/c1-2-26(16-17-8-4-3-5-9-17)22(28)18-11-13-24-20(14-18)21(27)25-15-19-10-6-7-12-23-19/h3-14H,2,15-16H2,1H3,(H,25,27). The van der Waals surface area contributed by atoms with Gasteiger partial charge in [-0.25, -0.2) is 0 Å². The molecule has 6 nitrogen and oxygen atoms in total. The average molecular weight is 374 g/mol. The van der Waals surface area contributed by atoms with Crippen molar-refractivity contribution in [3.63, 3.8) is 0 Å². The van der Waals surface area contributed by atoms with E-state index in [1.165, 1.54) is 12.3 Å². The van der Waals surface area contributed by atoms with Crippen LogP contribution in [0.2, 0.25) is 0 Å². The van der Waals surface area contributed by atoms with E-state index in [4.69, 9.17) is 0 Å². The third-order valence-corrected chi connectivity index (χ3v) is 4.28. The first kappa shape index (κ1) is 19.2. The van der Waals surface area contributed by atoms with Crippen LogP contribution < -0.4 is 5.32 Å². The number of hydrogen-bond donors (Lipinski definition) is 1. The van der Waals surface area contributed by atoms with Crippen LogP contribution in [0.1, 0.15) is 39.0 Å². The Morgan fingerprint density at radius 2 is 1.75 bits per heavy atom. The second-order valence-corrected chi connectivity index (χ2v) is 6.24. The number of hydrogen-bond acceptors (Lipinski definition) is 4. The van der Waals surface area contributed by atoms with E-state index in [1.54, 1.807) is 17.2 Å². The molecule has 28 heavy (non-hydrogen) atoms. The number of nitrogens with zero attached hydrogens (tertiary/aromatic N) is 3. The van der Waals surface area contributed by atoms with E-state index in [2.05, 4.69) is 15.3 Å². The number of amides is 2. The molecule has 2 amide bonds. The second-order valence-electron chi connectivity index (χ2n) is 6.24. The normalized spacial score (nSPS) is 10.3. The Morgan fingerprint density at radius 1 is 0.964 bits per heavy atom. The van der Waals surface area contributed by atoms with Crippen molar-refractivity contribution in [3.05, 3.63) is 95.6 Å². The van der Waals surface area contributed by atoms with E-state index in [-0.39, 0.29) is 17.5 Å². The van der Waals surface area contributed by atoms with Crippen molar-refractivity contribution in [1.29, 1.82) is 0 Å². The third-order valence-electron chi connectivity index (χ3n) is 4.28. The van der Waals surface area contributed by atoms with E-state index >= 15 is 0 Å². The third kappa shape index (κ3) is 5.01. The Balaban J connectivity index is 1.68. The highest BCUT2D eigenvalue weighted by Crippen LogP contribution is 2.11. The van der Waals surface area contributed by atoms with Gasteiger partial charge in [-0.1, -0.05) is 36.4 Å². The van der Waals surface area contributed by atoms with Crippen LogP contribution in [-0.4, -0.2) is 33.2 Å². The lowest BCUT2D eigenvalue weighted by Gasteiger charge is -2.21. The molecule has 1 N–H and O–H groups in total. The molecule has 0 aliphatic rings. The van der Waals surface area contributed by atoms with Crippen LogP contribution in [0, 0.1) is 0 Å². The van der Waals surface area contributed by atoms with Gasteiger partial charge in [-0.05, 0) is 36.8 Å². The van der Waals surface area contributed by atoms with Crippen molar-refractivity contribution in [2.45, 2.75) is 20.0 Å². The molecule has 0 spiro atoms. The number of rotatable bonds is 7. The molecule has 0 atom stereocenters. The number of carbonyl (C=O) groups is 2. The summed E-state index contributed by atoms with van der Waals surface area (Å²) in [6, 6.07) is 18.5. The molecule has 6 heteroatoms. The van der Waals surface area contributed by atoms with E-state index in [1.807, 2.05) is 55.5 Å². The Morgan fingerprint density at radius 3 is 2.46 bits per heavy atom. The van der Waals surface area contributed by atoms with Gasteiger partial charge in [0.1, 0.15) is 5.69 Å². The average Bonchev–Trinajstić information content (AvgIpc) is 2.77. The number of carbonyl (C=O) groups excluding carboxylic acids is 2. The fourth-order valence-electron chi connectivity index (χ4n) is 2.77. The molecule has 0 unspecified atom stereocenters.